The molecule has 1 aliphatic heterocycles. The fourth-order valence-electron chi connectivity index (χ4n) is 3.62. The van der Waals surface area contributed by atoms with Crippen molar-refractivity contribution >= 4 is 28.7 Å². The van der Waals surface area contributed by atoms with Crippen LogP contribution in [-0.2, 0) is 6.54 Å². The normalized spacial score (nSPS) is 19.0. The standard InChI is InChI=1S/C26H34ClN5/c1-4-19(3)25(31-21-8-7-13-29-18-21)16-22(23(27)5-2)24-9-6-10-26(32-24)30-17-20-11-14-28-15-12-20/h5-6,9-12,14-16,19,21,29H,4,7-8,13,17-18H2,1-3H3,(H,30,32)/b22-16+,23-5?,31-25?. The molecule has 3 rings (SSSR count). The predicted octanol–water partition coefficient (Wildman–Crippen LogP) is 5.85. The first-order valence-corrected chi connectivity index (χ1v) is 11.9. The van der Waals surface area contributed by atoms with Gasteiger partial charge in [-0.3, -0.25) is 9.98 Å². The van der Waals surface area contributed by atoms with Crippen LogP contribution >= 0.6 is 11.6 Å². The van der Waals surface area contributed by atoms with E-state index in [1.54, 1.807) is 12.4 Å². The Morgan fingerprint density at radius 2 is 2.12 bits per heavy atom. The monoisotopic (exact) mass is 451 g/mol. The molecule has 0 aromatic carbocycles. The Balaban J connectivity index is 1.90. The van der Waals surface area contributed by atoms with E-state index in [9.17, 15) is 0 Å². The first-order chi connectivity index (χ1) is 15.6. The minimum absolute atomic E-state index is 0.316. The fourth-order valence-corrected chi connectivity index (χ4v) is 3.77. The molecule has 2 unspecified atom stereocenters. The second-order valence-corrected chi connectivity index (χ2v) is 8.58. The molecule has 2 aromatic heterocycles. The maximum Gasteiger partial charge on any atom is 0.126 e. The molecule has 3 heterocycles. The van der Waals surface area contributed by atoms with Gasteiger partial charge in [-0.15, -0.1) is 0 Å². The minimum Gasteiger partial charge on any atom is -0.366 e. The zero-order valence-corrected chi connectivity index (χ0v) is 20.1. The molecule has 0 radical (unpaired) electrons. The Bertz CT molecular complexity index is 946. The highest BCUT2D eigenvalue weighted by molar-refractivity contribution is 6.37. The second-order valence-electron chi connectivity index (χ2n) is 8.18. The summed E-state index contributed by atoms with van der Waals surface area (Å²) in [7, 11) is 0. The third kappa shape index (κ3) is 7.01. The number of halogens is 1. The van der Waals surface area contributed by atoms with Gasteiger partial charge in [0.1, 0.15) is 5.82 Å². The van der Waals surface area contributed by atoms with Gasteiger partial charge in [-0.2, -0.15) is 0 Å². The molecule has 32 heavy (non-hydrogen) atoms. The summed E-state index contributed by atoms with van der Waals surface area (Å²) >= 11 is 6.68. The number of hydrogen-bond donors (Lipinski definition) is 2. The lowest BCUT2D eigenvalue weighted by Gasteiger charge is -2.22. The van der Waals surface area contributed by atoms with Crippen molar-refractivity contribution in [1.29, 1.82) is 0 Å². The largest absolute Gasteiger partial charge is 0.366 e. The van der Waals surface area contributed by atoms with Crippen molar-refractivity contribution < 1.29 is 0 Å². The highest BCUT2D eigenvalue weighted by atomic mass is 35.5. The van der Waals surface area contributed by atoms with Crippen molar-refractivity contribution in [3.63, 3.8) is 0 Å². The van der Waals surface area contributed by atoms with E-state index in [4.69, 9.17) is 21.6 Å². The van der Waals surface area contributed by atoms with Crippen LogP contribution in [-0.4, -0.2) is 34.8 Å². The molecule has 1 saturated heterocycles. The van der Waals surface area contributed by atoms with Gasteiger partial charge in [0.15, 0.2) is 0 Å². The van der Waals surface area contributed by atoms with Gasteiger partial charge in [0.25, 0.3) is 0 Å². The van der Waals surface area contributed by atoms with Crippen LogP contribution in [0.25, 0.3) is 5.57 Å². The van der Waals surface area contributed by atoms with Crippen LogP contribution in [0.5, 0.6) is 0 Å². The molecule has 0 amide bonds. The number of rotatable bonds is 9. The van der Waals surface area contributed by atoms with E-state index in [2.05, 4.69) is 35.5 Å². The molecule has 0 spiro atoms. The van der Waals surface area contributed by atoms with E-state index >= 15 is 0 Å². The molecular weight excluding hydrogens is 418 g/mol. The van der Waals surface area contributed by atoms with Gasteiger partial charge in [-0.25, -0.2) is 4.98 Å². The first kappa shape index (κ1) is 24.1. The van der Waals surface area contributed by atoms with Gasteiger partial charge in [0.05, 0.1) is 11.7 Å². The summed E-state index contributed by atoms with van der Waals surface area (Å²) in [6.45, 7) is 9.09. The summed E-state index contributed by atoms with van der Waals surface area (Å²) in [4.78, 5) is 14.1. The summed E-state index contributed by atoms with van der Waals surface area (Å²) < 4.78 is 0. The van der Waals surface area contributed by atoms with E-state index in [-0.39, 0.29) is 0 Å². The van der Waals surface area contributed by atoms with Crippen molar-refractivity contribution in [1.82, 2.24) is 15.3 Å². The Hall–Kier alpha value is -2.50. The molecule has 0 aliphatic carbocycles. The Labute approximate surface area is 197 Å². The number of piperidine rings is 1. The van der Waals surface area contributed by atoms with Gasteiger partial charge in [0, 0.05) is 41.8 Å². The molecule has 1 aliphatic rings. The maximum atomic E-state index is 6.68. The molecular formula is C26H34ClN5. The number of nitrogens with one attached hydrogen (secondary N) is 2. The van der Waals surface area contributed by atoms with Crippen LogP contribution in [0.4, 0.5) is 5.82 Å². The molecule has 0 bridgehead atoms. The van der Waals surface area contributed by atoms with Gasteiger partial charge >= 0.3 is 0 Å². The molecule has 2 aromatic rings. The van der Waals surface area contributed by atoms with Gasteiger partial charge < -0.3 is 10.6 Å². The summed E-state index contributed by atoms with van der Waals surface area (Å²) in [6.07, 6.45) is 11.0. The summed E-state index contributed by atoms with van der Waals surface area (Å²) in [5.74, 6) is 1.16. The quantitative estimate of drug-likeness (QED) is 0.370. The Kier molecular flexibility index (Phi) is 9.44. The number of hydrogen-bond acceptors (Lipinski definition) is 5. The molecule has 1 fully saturated rings. The smallest absolute Gasteiger partial charge is 0.126 e. The van der Waals surface area contributed by atoms with Crippen molar-refractivity contribution in [2.45, 2.75) is 52.6 Å². The van der Waals surface area contributed by atoms with Crippen LogP contribution in [0.15, 0.2) is 64.9 Å². The second kappa shape index (κ2) is 12.5. The molecule has 5 nitrogen and oxygen atoms in total. The van der Waals surface area contributed by atoms with Crippen molar-refractivity contribution in [2.24, 2.45) is 10.9 Å². The summed E-state index contributed by atoms with van der Waals surface area (Å²) in [5, 5.41) is 7.54. The maximum absolute atomic E-state index is 6.68. The first-order valence-electron chi connectivity index (χ1n) is 11.5. The van der Waals surface area contributed by atoms with Crippen molar-refractivity contribution in [2.75, 3.05) is 18.4 Å². The van der Waals surface area contributed by atoms with Crippen molar-refractivity contribution in [3.8, 4) is 0 Å². The Morgan fingerprint density at radius 3 is 2.81 bits per heavy atom. The number of anilines is 1. The van der Waals surface area contributed by atoms with E-state index in [0.29, 0.717) is 23.5 Å². The number of allylic oxidation sites excluding steroid dienone is 4. The zero-order valence-electron chi connectivity index (χ0n) is 19.3. The zero-order chi connectivity index (χ0) is 22.8. The van der Waals surface area contributed by atoms with E-state index in [0.717, 1.165) is 54.3 Å². The topological polar surface area (TPSA) is 62.2 Å². The van der Waals surface area contributed by atoms with Crippen LogP contribution in [0.2, 0.25) is 0 Å². The van der Waals surface area contributed by atoms with Gasteiger partial charge in [-0.1, -0.05) is 37.6 Å². The average Bonchev–Trinajstić information content (AvgIpc) is 2.85. The number of aromatic nitrogens is 2. The highest BCUT2D eigenvalue weighted by Crippen LogP contribution is 2.27. The predicted molar refractivity (Wildman–Crippen MR) is 136 cm³/mol. The number of aliphatic imine (C=N–C) groups is 1. The highest BCUT2D eigenvalue weighted by Gasteiger charge is 2.17. The van der Waals surface area contributed by atoms with E-state index in [1.165, 1.54) is 6.42 Å². The summed E-state index contributed by atoms with van der Waals surface area (Å²) in [6, 6.07) is 10.3. The average molecular weight is 452 g/mol. The fraction of sp³-hybridized carbons (Fsp3) is 0.423. The number of nitrogens with zero attached hydrogens (tertiary/aromatic N) is 3. The lowest BCUT2D eigenvalue weighted by Crippen LogP contribution is -2.33. The molecule has 0 saturated carbocycles. The van der Waals surface area contributed by atoms with Gasteiger partial charge in [-0.05, 0) is 74.6 Å². The van der Waals surface area contributed by atoms with Crippen LogP contribution in [0, 0.1) is 5.92 Å². The SMILES string of the molecule is CC=C(Cl)/C(=C\C(=NC1CCCNC1)C(C)CC)c1cccc(NCc2ccncc2)n1. The van der Waals surface area contributed by atoms with Gasteiger partial charge in [0.2, 0.25) is 0 Å². The molecule has 2 N–H and O–H groups in total. The van der Waals surface area contributed by atoms with Crippen LogP contribution in [0.1, 0.15) is 51.3 Å². The number of pyridine rings is 2. The lowest BCUT2D eigenvalue weighted by atomic mass is 9.97. The van der Waals surface area contributed by atoms with E-state index in [1.807, 2.05) is 43.3 Å². The lowest BCUT2D eigenvalue weighted by molar-refractivity contribution is 0.459. The van der Waals surface area contributed by atoms with Crippen LogP contribution in [0.3, 0.4) is 0 Å². The third-order valence-corrected chi connectivity index (χ3v) is 6.19. The Morgan fingerprint density at radius 1 is 1.31 bits per heavy atom. The molecule has 6 heteroatoms. The summed E-state index contributed by atoms with van der Waals surface area (Å²) in [5.41, 5.74) is 3.99. The molecule has 2 atom stereocenters. The minimum atomic E-state index is 0.316. The third-order valence-electron chi connectivity index (χ3n) is 5.77. The van der Waals surface area contributed by atoms with Crippen molar-refractivity contribution in [3.05, 3.63) is 71.2 Å². The van der Waals surface area contributed by atoms with E-state index < -0.39 is 0 Å². The van der Waals surface area contributed by atoms with Crippen LogP contribution < -0.4 is 10.6 Å². The molecule has 170 valence electrons.